The Morgan fingerprint density at radius 3 is 3.00 bits per heavy atom. The number of aromatic nitrogens is 1. The van der Waals surface area contributed by atoms with Gasteiger partial charge in [0.2, 0.25) is 5.95 Å². The first-order valence-corrected chi connectivity index (χ1v) is 3.90. The van der Waals surface area contributed by atoms with E-state index in [9.17, 15) is 4.39 Å². The molecule has 1 aromatic heterocycles. The van der Waals surface area contributed by atoms with Crippen molar-refractivity contribution in [3.8, 4) is 0 Å². The minimum atomic E-state index is -0.374. The molecule has 0 saturated heterocycles. The highest BCUT2D eigenvalue weighted by atomic mass is 35.5. The van der Waals surface area contributed by atoms with E-state index in [1.807, 2.05) is 0 Å². The zero-order valence-electron chi connectivity index (χ0n) is 4.60. The van der Waals surface area contributed by atoms with E-state index in [-0.39, 0.29) is 5.95 Å². The summed E-state index contributed by atoms with van der Waals surface area (Å²) in [7, 11) is 0. The molecule has 9 heavy (non-hydrogen) atoms. The number of hydrogen-bond donors (Lipinski definition) is 0. The summed E-state index contributed by atoms with van der Waals surface area (Å²) in [5, 5.41) is 0. The molecular weight excluding hydrogens is 160 g/mol. The number of nitrogens with zero attached hydrogens (tertiary/aromatic N) is 1. The van der Waals surface area contributed by atoms with Gasteiger partial charge in [0.25, 0.3) is 0 Å². The van der Waals surface area contributed by atoms with Crippen LogP contribution < -0.4 is 0 Å². The largest absolute Gasteiger partial charge is 0.226 e. The lowest BCUT2D eigenvalue weighted by atomic mass is 10.4. The number of aryl methyl sites for hydroxylation is 1. The van der Waals surface area contributed by atoms with Crippen LogP contribution in [0.1, 0.15) is 4.88 Å². The van der Waals surface area contributed by atoms with Crippen molar-refractivity contribution in [1.82, 2.24) is 4.98 Å². The van der Waals surface area contributed by atoms with Gasteiger partial charge in [-0.2, -0.15) is 4.39 Å². The fraction of sp³-hybridized carbons (Fsp3) is 0.400. The summed E-state index contributed by atoms with van der Waals surface area (Å²) in [5.41, 5.74) is 1.48. The summed E-state index contributed by atoms with van der Waals surface area (Å²) < 4.78 is 12.4. The maximum Gasteiger partial charge on any atom is 0.226 e. The monoisotopic (exact) mass is 164 g/mol. The van der Waals surface area contributed by atoms with Crippen molar-refractivity contribution in [2.24, 2.45) is 0 Å². The molecule has 0 aliphatic heterocycles. The van der Waals surface area contributed by atoms with Crippen LogP contribution >= 0.6 is 22.9 Å². The molecule has 0 fully saturated rings. The molecule has 4 heteroatoms. The predicted octanol–water partition coefficient (Wildman–Crippen LogP) is 2.06. The molecule has 0 aromatic carbocycles. The molecular formula is C5H5ClFNS. The number of thiazole rings is 1. The topological polar surface area (TPSA) is 12.9 Å². The lowest BCUT2D eigenvalue weighted by molar-refractivity contribution is 0.580. The van der Waals surface area contributed by atoms with Gasteiger partial charge in [0.05, 0.1) is 10.4 Å². The Morgan fingerprint density at radius 1 is 1.78 bits per heavy atom. The highest BCUT2D eigenvalue weighted by molar-refractivity contribution is 7.09. The third kappa shape index (κ3) is 1.63. The van der Waals surface area contributed by atoms with E-state index < -0.39 is 0 Å². The summed E-state index contributed by atoms with van der Waals surface area (Å²) in [5.74, 6) is 0.0831. The molecule has 0 saturated carbocycles. The van der Waals surface area contributed by atoms with Crippen LogP contribution in [0.2, 0.25) is 0 Å². The molecule has 0 atom stereocenters. The molecule has 0 radical (unpaired) electrons. The summed E-state index contributed by atoms with van der Waals surface area (Å²) in [6, 6.07) is 0. The molecule has 0 spiro atoms. The average Bonchev–Trinajstić information content (AvgIpc) is 2.18. The highest BCUT2D eigenvalue weighted by Gasteiger charge is 2.01. The van der Waals surface area contributed by atoms with Crippen molar-refractivity contribution in [3.63, 3.8) is 0 Å². The molecule has 50 valence electrons. The smallest absolute Gasteiger partial charge is 0.216 e. The van der Waals surface area contributed by atoms with Gasteiger partial charge in [-0.3, -0.25) is 0 Å². The molecule has 1 rings (SSSR count). The Bertz CT molecular complexity index is 189. The lowest BCUT2D eigenvalue weighted by Gasteiger charge is -1.86. The first-order chi connectivity index (χ1) is 4.34. The second-order valence-electron chi connectivity index (χ2n) is 1.51. The Kier molecular flexibility index (Phi) is 2.42. The van der Waals surface area contributed by atoms with Gasteiger partial charge in [0.15, 0.2) is 0 Å². The summed E-state index contributed by atoms with van der Waals surface area (Å²) >= 11 is 6.68. The molecule has 1 heterocycles. The second kappa shape index (κ2) is 3.13. The van der Waals surface area contributed by atoms with Gasteiger partial charge in [0.1, 0.15) is 0 Å². The number of alkyl halides is 1. The van der Waals surface area contributed by atoms with Gasteiger partial charge in [-0.15, -0.1) is 22.9 Å². The SMILES string of the molecule is [18F]c1ncsc1CCCl. The van der Waals surface area contributed by atoms with Gasteiger partial charge >= 0.3 is 0 Å². The van der Waals surface area contributed by atoms with E-state index in [0.717, 1.165) is 0 Å². The number of hydrogen-bond acceptors (Lipinski definition) is 2. The van der Waals surface area contributed by atoms with Crippen molar-refractivity contribution >= 4 is 22.9 Å². The van der Waals surface area contributed by atoms with Crippen LogP contribution in [-0.4, -0.2) is 10.9 Å². The minimum absolute atomic E-state index is 0.374. The fourth-order valence-electron chi connectivity index (χ4n) is 0.505. The molecule has 1 nitrogen and oxygen atoms in total. The molecule has 1 aromatic rings. The standard InChI is InChI=1S/C5H5ClFNS/c6-2-1-4-5(7)8-3-9-4/h3H,1-2H2/i7-1. The van der Waals surface area contributed by atoms with Crippen LogP contribution in [0.25, 0.3) is 0 Å². The Hall–Kier alpha value is -0.150. The highest BCUT2D eigenvalue weighted by Crippen LogP contribution is 2.11. The van der Waals surface area contributed by atoms with Crippen molar-refractivity contribution in [2.75, 3.05) is 5.88 Å². The van der Waals surface area contributed by atoms with E-state index in [1.54, 1.807) is 0 Å². The average molecular weight is 165 g/mol. The number of halogens is 2. The third-order valence-electron chi connectivity index (χ3n) is 0.913. The van der Waals surface area contributed by atoms with Gasteiger partial charge in [-0.25, -0.2) is 4.98 Å². The predicted molar refractivity (Wildman–Crippen MR) is 36.5 cm³/mol. The maximum absolute atomic E-state index is 12.4. The zero-order chi connectivity index (χ0) is 6.69. The van der Waals surface area contributed by atoms with E-state index in [1.165, 1.54) is 16.8 Å². The van der Waals surface area contributed by atoms with Crippen LogP contribution in [0.15, 0.2) is 5.51 Å². The van der Waals surface area contributed by atoms with Crippen LogP contribution in [-0.2, 0) is 6.42 Å². The summed E-state index contributed by atoms with van der Waals surface area (Å²) in [4.78, 5) is 4.07. The van der Waals surface area contributed by atoms with Crippen molar-refractivity contribution in [3.05, 3.63) is 16.3 Å². The van der Waals surface area contributed by atoms with Crippen LogP contribution in [0.3, 0.4) is 0 Å². The summed E-state index contributed by atoms with van der Waals surface area (Å²) in [6.45, 7) is 0. The van der Waals surface area contributed by atoms with E-state index in [4.69, 9.17) is 11.6 Å². The summed E-state index contributed by atoms with van der Waals surface area (Å²) in [6.07, 6.45) is 0.581. The van der Waals surface area contributed by atoms with Crippen LogP contribution in [0.5, 0.6) is 0 Å². The molecule has 0 N–H and O–H groups in total. The molecule has 0 aliphatic carbocycles. The van der Waals surface area contributed by atoms with Crippen molar-refractivity contribution < 1.29 is 4.39 Å². The Morgan fingerprint density at radius 2 is 2.56 bits per heavy atom. The van der Waals surface area contributed by atoms with E-state index in [2.05, 4.69) is 4.98 Å². The quantitative estimate of drug-likeness (QED) is 0.610. The normalized spacial score (nSPS) is 10.0. The maximum atomic E-state index is 12.4. The Balaban J connectivity index is 2.69. The van der Waals surface area contributed by atoms with Crippen molar-refractivity contribution in [1.29, 1.82) is 0 Å². The van der Waals surface area contributed by atoms with Crippen LogP contribution in [0.4, 0.5) is 4.39 Å². The van der Waals surface area contributed by atoms with E-state index in [0.29, 0.717) is 17.2 Å². The lowest BCUT2D eigenvalue weighted by Crippen LogP contribution is -1.84. The Labute approximate surface area is 61.5 Å². The van der Waals surface area contributed by atoms with Gasteiger partial charge in [-0.05, 0) is 6.42 Å². The van der Waals surface area contributed by atoms with Gasteiger partial charge in [0, 0.05) is 5.88 Å². The molecule has 0 bridgehead atoms. The third-order valence-corrected chi connectivity index (χ3v) is 1.97. The van der Waals surface area contributed by atoms with Crippen molar-refractivity contribution in [2.45, 2.75) is 6.42 Å². The first-order valence-electron chi connectivity index (χ1n) is 2.48. The molecule has 0 aliphatic rings. The molecule has 0 unspecified atom stereocenters. The second-order valence-corrected chi connectivity index (χ2v) is 2.82. The van der Waals surface area contributed by atoms with Crippen LogP contribution in [0, 0.1) is 5.95 Å². The minimum Gasteiger partial charge on any atom is -0.216 e. The van der Waals surface area contributed by atoms with Gasteiger partial charge in [-0.1, -0.05) is 0 Å². The number of rotatable bonds is 2. The van der Waals surface area contributed by atoms with Gasteiger partial charge < -0.3 is 0 Å². The zero-order valence-corrected chi connectivity index (χ0v) is 6.18. The first kappa shape index (κ1) is 6.96. The fourth-order valence-corrected chi connectivity index (χ4v) is 1.45. The molecule has 0 amide bonds. The van der Waals surface area contributed by atoms with E-state index >= 15 is 0 Å².